The summed E-state index contributed by atoms with van der Waals surface area (Å²) in [6, 6.07) is 16.2. The molecule has 1 N–H and O–H groups in total. The molecular formula is C28H28FNO3. The summed E-state index contributed by atoms with van der Waals surface area (Å²) in [5, 5.41) is 3.38. The van der Waals surface area contributed by atoms with Gasteiger partial charge in [-0.15, -0.1) is 0 Å². The lowest BCUT2D eigenvalue weighted by Crippen LogP contribution is -2.36. The molecule has 1 saturated carbocycles. The van der Waals surface area contributed by atoms with Crippen molar-refractivity contribution in [3.8, 4) is 0 Å². The zero-order valence-electron chi connectivity index (χ0n) is 18.8. The van der Waals surface area contributed by atoms with Gasteiger partial charge in [-0.3, -0.25) is 4.79 Å². The molecule has 0 bridgehead atoms. The van der Waals surface area contributed by atoms with E-state index in [-0.39, 0.29) is 29.6 Å². The minimum absolute atomic E-state index is 0.0191. The van der Waals surface area contributed by atoms with E-state index in [1.165, 1.54) is 12.1 Å². The third-order valence-corrected chi connectivity index (χ3v) is 7.10. The van der Waals surface area contributed by atoms with E-state index in [2.05, 4.69) is 17.4 Å². The van der Waals surface area contributed by atoms with Crippen LogP contribution in [0.5, 0.6) is 0 Å². The fourth-order valence-electron chi connectivity index (χ4n) is 5.48. The molecule has 5 rings (SSSR count). The first-order chi connectivity index (χ1) is 16.0. The van der Waals surface area contributed by atoms with Crippen molar-refractivity contribution in [2.45, 2.75) is 63.4 Å². The number of hydrogen-bond donors (Lipinski definition) is 1. The Balaban J connectivity index is 1.54. The number of carbonyl (C=O) groups excluding carboxylic acids is 2. The number of ether oxygens (including phenoxy) is 1. The monoisotopic (exact) mass is 445 g/mol. The summed E-state index contributed by atoms with van der Waals surface area (Å²) >= 11 is 0. The second-order valence-corrected chi connectivity index (χ2v) is 9.29. The van der Waals surface area contributed by atoms with Crippen LogP contribution >= 0.6 is 0 Å². The Hall–Kier alpha value is -3.21. The Morgan fingerprint density at radius 1 is 0.970 bits per heavy atom. The third kappa shape index (κ3) is 4.24. The predicted octanol–water partition coefficient (Wildman–Crippen LogP) is 5.67. The maximum absolute atomic E-state index is 13.7. The summed E-state index contributed by atoms with van der Waals surface area (Å²) in [7, 11) is 0. The lowest BCUT2D eigenvalue weighted by molar-refractivity contribution is -0.144. The van der Waals surface area contributed by atoms with Crippen molar-refractivity contribution in [2.24, 2.45) is 0 Å². The van der Waals surface area contributed by atoms with Gasteiger partial charge in [0.05, 0.1) is 5.57 Å². The number of benzene rings is 2. The molecule has 2 aliphatic carbocycles. The van der Waals surface area contributed by atoms with Crippen LogP contribution in [0.1, 0.15) is 68.4 Å². The van der Waals surface area contributed by atoms with E-state index < -0.39 is 5.92 Å². The number of ketones is 1. The van der Waals surface area contributed by atoms with Gasteiger partial charge in [0.25, 0.3) is 0 Å². The molecule has 0 unspecified atom stereocenters. The Kier molecular flexibility index (Phi) is 5.88. The molecule has 0 aromatic heterocycles. The van der Waals surface area contributed by atoms with E-state index in [1.807, 2.05) is 25.1 Å². The third-order valence-electron chi connectivity index (χ3n) is 7.10. The van der Waals surface area contributed by atoms with Gasteiger partial charge >= 0.3 is 5.97 Å². The molecule has 5 heteroatoms. The first-order valence-corrected chi connectivity index (χ1v) is 11.8. The molecule has 0 spiro atoms. The smallest absolute Gasteiger partial charge is 0.337 e. The Morgan fingerprint density at radius 2 is 1.67 bits per heavy atom. The van der Waals surface area contributed by atoms with E-state index in [1.54, 1.807) is 12.1 Å². The summed E-state index contributed by atoms with van der Waals surface area (Å²) in [5.41, 5.74) is 4.48. The molecule has 0 radical (unpaired) electrons. The number of esters is 1. The average molecular weight is 446 g/mol. The lowest BCUT2D eigenvalue weighted by atomic mass is 9.72. The van der Waals surface area contributed by atoms with Gasteiger partial charge in [0.15, 0.2) is 5.78 Å². The largest absolute Gasteiger partial charge is 0.459 e. The van der Waals surface area contributed by atoms with Crippen molar-refractivity contribution in [3.05, 3.63) is 94.1 Å². The van der Waals surface area contributed by atoms with Gasteiger partial charge in [-0.1, -0.05) is 42.5 Å². The number of carbonyl (C=O) groups is 2. The number of allylic oxidation sites excluding steroid dienone is 3. The highest BCUT2D eigenvalue weighted by Crippen LogP contribution is 2.46. The molecule has 2 aromatic carbocycles. The Labute approximate surface area is 193 Å². The van der Waals surface area contributed by atoms with Crippen LogP contribution in [0.4, 0.5) is 4.39 Å². The topological polar surface area (TPSA) is 55.4 Å². The van der Waals surface area contributed by atoms with E-state index in [0.29, 0.717) is 29.7 Å². The van der Waals surface area contributed by atoms with Crippen molar-refractivity contribution >= 4 is 11.8 Å². The SMILES string of the molecule is CC1=C(C(=O)OC2CCCC2)[C@@H](c2ccc(F)cc2)C2=C(C[C@@H](c3ccccc3)CC2=O)N1. The standard InChI is InChI=1S/C28H28FNO3/c1-17-25(28(32)33-22-9-5-6-10-22)26(19-11-13-21(29)14-12-19)27-23(30-17)15-20(16-24(27)31)18-7-3-2-4-8-18/h2-4,7-8,11-14,20,22,26,30H,5-6,9-10,15-16H2,1H3/t20-,26-/m1/s1. The predicted molar refractivity (Wildman–Crippen MR) is 124 cm³/mol. The normalized spacial score (nSPS) is 23.4. The molecule has 1 heterocycles. The zero-order chi connectivity index (χ0) is 22.9. The first-order valence-electron chi connectivity index (χ1n) is 11.8. The number of halogens is 1. The first kappa shape index (κ1) is 21.6. The summed E-state index contributed by atoms with van der Waals surface area (Å²) in [5.74, 6) is -1.19. The fourth-order valence-corrected chi connectivity index (χ4v) is 5.48. The zero-order valence-corrected chi connectivity index (χ0v) is 18.8. The van der Waals surface area contributed by atoms with Crippen LogP contribution in [0.3, 0.4) is 0 Å². The van der Waals surface area contributed by atoms with Gasteiger partial charge in [0.2, 0.25) is 0 Å². The van der Waals surface area contributed by atoms with E-state index in [4.69, 9.17) is 4.74 Å². The van der Waals surface area contributed by atoms with Crippen LogP contribution < -0.4 is 5.32 Å². The van der Waals surface area contributed by atoms with Gasteiger partial charge in [-0.05, 0) is 68.2 Å². The van der Waals surface area contributed by atoms with Crippen LogP contribution in [0.2, 0.25) is 0 Å². The van der Waals surface area contributed by atoms with Crippen LogP contribution in [0, 0.1) is 5.82 Å². The van der Waals surface area contributed by atoms with E-state index >= 15 is 0 Å². The molecule has 0 saturated heterocycles. The second-order valence-electron chi connectivity index (χ2n) is 9.29. The van der Waals surface area contributed by atoms with Gasteiger partial charge in [0.1, 0.15) is 11.9 Å². The van der Waals surface area contributed by atoms with Gasteiger partial charge in [-0.2, -0.15) is 0 Å². The van der Waals surface area contributed by atoms with Crippen molar-refractivity contribution in [1.29, 1.82) is 0 Å². The maximum atomic E-state index is 13.7. The number of rotatable bonds is 4. The van der Waals surface area contributed by atoms with E-state index in [0.717, 1.165) is 42.5 Å². The van der Waals surface area contributed by atoms with Crippen LogP contribution in [-0.4, -0.2) is 17.9 Å². The maximum Gasteiger partial charge on any atom is 0.337 e. The van der Waals surface area contributed by atoms with Crippen LogP contribution in [0.15, 0.2) is 77.1 Å². The van der Waals surface area contributed by atoms with Gasteiger partial charge in [0, 0.05) is 29.3 Å². The number of dihydropyridines is 1. The molecule has 2 atom stereocenters. The highest BCUT2D eigenvalue weighted by atomic mass is 19.1. The van der Waals surface area contributed by atoms with Crippen LogP contribution in [-0.2, 0) is 14.3 Å². The second kappa shape index (κ2) is 8.97. The van der Waals surface area contributed by atoms with E-state index in [9.17, 15) is 14.0 Å². The molecule has 1 aliphatic heterocycles. The highest BCUT2D eigenvalue weighted by molar-refractivity contribution is 6.04. The molecule has 170 valence electrons. The lowest BCUT2D eigenvalue weighted by Gasteiger charge is -2.37. The number of hydrogen-bond acceptors (Lipinski definition) is 4. The summed E-state index contributed by atoms with van der Waals surface area (Å²) in [6.07, 6.45) is 4.86. The summed E-state index contributed by atoms with van der Waals surface area (Å²) in [4.78, 5) is 26.9. The summed E-state index contributed by atoms with van der Waals surface area (Å²) in [6.45, 7) is 1.86. The molecule has 0 amide bonds. The average Bonchev–Trinajstić information content (AvgIpc) is 3.32. The molecule has 33 heavy (non-hydrogen) atoms. The summed E-state index contributed by atoms with van der Waals surface area (Å²) < 4.78 is 19.6. The minimum atomic E-state index is -0.556. The number of Topliss-reactive ketones (excluding diaryl/α,β-unsaturated/α-hetero) is 1. The molecule has 1 fully saturated rings. The minimum Gasteiger partial charge on any atom is -0.459 e. The fraction of sp³-hybridized carbons (Fsp3) is 0.357. The van der Waals surface area contributed by atoms with Crippen molar-refractivity contribution in [1.82, 2.24) is 5.32 Å². The molecule has 3 aliphatic rings. The van der Waals surface area contributed by atoms with Crippen molar-refractivity contribution in [3.63, 3.8) is 0 Å². The highest BCUT2D eigenvalue weighted by Gasteiger charge is 2.42. The van der Waals surface area contributed by atoms with Crippen molar-refractivity contribution < 1.29 is 18.7 Å². The quantitative estimate of drug-likeness (QED) is 0.616. The Morgan fingerprint density at radius 3 is 2.36 bits per heavy atom. The molecule has 2 aromatic rings. The number of nitrogens with one attached hydrogen (secondary N) is 1. The van der Waals surface area contributed by atoms with Crippen molar-refractivity contribution in [2.75, 3.05) is 0 Å². The van der Waals surface area contributed by atoms with Gasteiger partial charge in [-0.25, -0.2) is 9.18 Å². The van der Waals surface area contributed by atoms with Gasteiger partial charge < -0.3 is 10.1 Å². The van der Waals surface area contributed by atoms with Crippen LogP contribution in [0.25, 0.3) is 0 Å². The molecule has 4 nitrogen and oxygen atoms in total. The molecular weight excluding hydrogens is 417 g/mol. The Bertz CT molecular complexity index is 1130.